The molecule has 2 rings (SSSR count). The lowest BCUT2D eigenvalue weighted by molar-refractivity contribution is -0.125. The SMILES string of the molecule is Cl.NCCNC(=O)C1CCC(c2ccccc2)CC1. The molecule has 19 heavy (non-hydrogen) atoms. The van der Waals surface area contributed by atoms with Gasteiger partial charge in [-0.2, -0.15) is 0 Å². The standard InChI is InChI=1S/C15H22N2O.ClH/c16-10-11-17-15(18)14-8-6-13(7-9-14)12-4-2-1-3-5-12;/h1-5,13-14H,6-11,16H2,(H,17,18);1H. The number of nitrogens with one attached hydrogen (secondary N) is 1. The maximum absolute atomic E-state index is 11.8. The van der Waals surface area contributed by atoms with Gasteiger partial charge in [-0.3, -0.25) is 4.79 Å². The molecule has 0 spiro atoms. The molecule has 1 saturated carbocycles. The van der Waals surface area contributed by atoms with E-state index < -0.39 is 0 Å². The Bertz CT molecular complexity index is 375. The number of halogens is 1. The molecule has 1 aliphatic carbocycles. The van der Waals surface area contributed by atoms with E-state index in [2.05, 4.69) is 35.6 Å². The van der Waals surface area contributed by atoms with E-state index in [-0.39, 0.29) is 24.2 Å². The Morgan fingerprint density at radius 3 is 2.37 bits per heavy atom. The van der Waals surface area contributed by atoms with Crippen LogP contribution < -0.4 is 11.1 Å². The van der Waals surface area contributed by atoms with Crippen LogP contribution in [-0.2, 0) is 4.79 Å². The van der Waals surface area contributed by atoms with E-state index in [1.807, 2.05) is 0 Å². The molecule has 0 aromatic heterocycles. The fourth-order valence-electron chi connectivity index (χ4n) is 2.75. The summed E-state index contributed by atoms with van der Waals surface area (Å²) in [6, 6.07) is 10.6. The molecular formula is C15H23ClN2O. The Balaban J connectivity index is 0.00000180. The first-order valence-electron chi connectivity index (χ1n) is 6.84. The van der Waals surface area contributed by atoms with Gasteiger partial charge >= 0.3 is 0 Å². The summed E-state index contributed by atoms with van der Waals surface area (Å²) in [4.78, 5) is 11.8. The zero-order chi connectivity index (χ0) is 12.8. The number of hydrogen-bond acceptors (Lipinski definition) is 2. The van der Waals surface area contributed by atoms with Gasteiger partial charge in [0, 0.05) is 19.0 Å². The molecule has 0 atom stereocenters. The molecule has 0 heterocycles. The van der Waals surface area contributed by atoms with Gasteiger partial charge in [-0.25, -0.2) is 0 Å². The third-order valence-electron chi connectivity index (χ3n) is 3.81. The van der Waals surface area contributed by atoms with Crippen molar-refractivity contribution in [1.29, 1.82) is 0 Å². The third-order valence-corrected chi connectivity index (χ3v) is 3.81. The van der Waals surface area contributed by atoms with Crippen molar-refractivity contribution >= 4 is 18.3 Å². The molecule has 0 radical (unpaired) electrons. The van der Waals surface area contributed by atoms with Crippen molar-refractivity contribution in [2.45, 2.75) is 31.6 Å². The lowest BCUT2D eigenvalue weighted by atomic mass is 9.78. The zero-order valence-corrected chi connectivity index (χ0v) is 12.0. The highest BCUT2D eigenvalue weighted by Crippen LogP contribution is 2.35. The van der Waals surface area contributed by atoms with Gasteiger partial charge in [-0.05, 0) is 37.2 Å². The molecule has 0 bridgehead atoms. The van der Waals surface area contributed by atoms with Gasteiger partial charge in [0.25, 0.3) is 0 Å². The van der Waals surface area contributed by atoms with Crippen molar-refractivity contribution in [2.75, 3.05) is 13.1 Å². The van der Waals surface area contributed by atoms with E-state index in [4.69, 9.17) is 5.73 Å². The van der Waals surface area contributed by atoms with Crippen LogP contribution in [0.3, 0.4) is 0 Å². The summed E-state index contributed by atoms with van der Waals surface area (Å²) >= 11 is 0. The molecule has 1 fully saturated rings. The minimum Gasteiger partial charge on any atom is -0.355 e. The minimum atomic E-state index is 0. The maximum Gasteiger partial charge on any atom is 0.223 e. The first-order chi connectivity index (χ1) is 8.81. The third kappa shape index (κ3) is 4.51. The van der Waals surface area contributed by atoms with Crippen LogP contribution in [0.5, 0.6) is 0 Å². The fourth-order valence-corrected chi connectivity index (χ4v) is 2.75. The second kappa shape index (κ2) is 8.18. The summed E-state index contributed by atoms with van der Waals surface area (Å²) < 4.78 is 0. The number of rotatable bonds is 4. The lowest BCUT2D eigenvalue weighted by Gasteiger charge is -2.28. The van der Waals surface area contributed by atoms with Gasteiger partial charge in [0.15, 0.2) is 0 Å². The van der Waals surface area contributed by atoms with Gasteiger partial charge in [0.05, 0.1) is 0 Å². The van der Waals surface area contributed by atoms with Gasteiger partial charge in [-0.1, -0.05) is 30.3 Å². The Morgan fingerprint density at radius 2 is 1.79 bits per heavy atom. The Hall–Kier alpha value is -1.06. The van der Waals surface area contributed by atoms with E-state index in [9.17, 15) is 4.79 Å². The van der Waals surface area contributed by atoms with Crippen molar-refractivity contribution in [1.82, 2.24) is 5.32 Å². The van der Waals surface area contributed by atoms with Crippen molar-refractivity contribution in [3.8, 4) is 0 Å². The second-order valence-corrected chi connectivity index (χ2v) is 5.04. The zero-order valence-electron chi connectivity index (χ0n) is 11.2. The number of hydrogen-bond donors (Lipinski definition) is 2. The summed E-state index contributed by atoms with van der Waals surface area (Å²) in [5.74, 6) is 1.01. The normalized spacial score (nSPS) is 22.4. The number of nitrogens with two attached hydrogens (primary N) is 1. The van der Waals surface area contributed by atoms with Gasteiger partial charge in [0.2, 0.25) is 5.91 Å². The summed E-state index contributed by atoms with van der Waals surface area (Å²) in [5, 5.41) is 2.89. The predicted molar refractivity (Wildman–Crippen MR) is 80.5 cm³/mol. The highest BCUT2D eigenvalue weighted by atomic mass is 35.5. The van der Waals surface area contributed by atoms with E-state index in [1.165, 1.54) is 5.56 Å². The highest BCUT2D eigenvalue weighted by molar-refractivity contribution is 5.85. The molecular weight excluding hydrogens is 260 g/mol. The Morgan fingerprint density at radius 1 is 1.16 bits per heavy atom. The van der Waals surface area contributed by atoms with Gasteiger partial charge in [0.1, 0.15) is 0 Å². The fraction of sp³-hybridized carbons (Fsp3) is 0.533. The molecule has 106 valence electrons. The molecule has 0 unspecified atom stereocenters. The summed E-state index contributed by atoms with van der Waals surface area (Å²) in [7, 11) is 0. The molecule has 3 nitrogen and oxygen atoms in total. The first kappa shape index (κ1) is 16.0. The van der Waals surface area contributed by atoms with Gasteiger partial charge < -0.3 is 11.1 Å². The number of carbonyl (C=O) groups is 1. The topological polar surface area (TPSA) is 55.1 Å². The van der Waals surface area contributed by atoms with Crippen molar-refractivity contribution in [2.24, 2.45) is 11.7 Å². The van der Waals surface area contributed by atoms with Crippen molar-refractivity contribution in [3.05, 3.63) is 35.9 Å². The van der Waals surface area contributed by atoms with Crippen LogP contribution in [0.25, 0.3) is 0 Å². The molecule has 0 aliphatic heterocycles. The van der Waals surface area contributed by atoms with E-state index in [0.29, 0.717) is 19.0 Å². The molecule has 0 saturated heterocycles. The molecule has 4 heteroatoms. The summed E-state index contributed by atoms with van der Waals surface area (Å²) in [6.07, 6.45) is 4.22. The quantitative estimate of drug-likeness (QED) is 0.891. The molecule has 3 N–H and O–H groups in total. The van der Waals surface area contributed by atoms with E-state index in [0.717, 1.165) is 25.7 Å². The van der Waals surface area contributed by atoms with Crippen LogP contribution in [0.1, 0.15) is 37.2 Å². The van der Waals surface area contributed by atoms with Crippen LogP contribution >= 0.6 is 12.4 Å². The molecule has 1 aromatic rings. The van der Waals surface area contributed by atoms with Crippen molar-refractivity contribution < 1.29 is 4.79 Å². The maximum atomic E-state index is 11.8. The lowest BCUT2D eigenvalue weighted by Crippen LogP contribution is -2.35. The Labute approximate surface area is 121 Å². The average molecular weight is 283 g/mol. The molecule has 1 aliphatic rings. The number of benzene rings is 1. The number of amides is 1. The van der Waals surface area contributed by atoms with Crippen LogP contribution in [-0.4, -0.2) is 19.0 Å². The van der Waals surface area contributed by atoms with E-state index >= 15 is 0 Å². The number of carbonyl (C=O) groups excluding carboxylic acids is 1. The van der Waals surface area contributed by atoms with Crippen LogP contribution in [0.2, 0.25) is 0 Å². The minimum absolute atomic E-state index is 0. The van der Waals surface area contributed by atoms with Crippen LogP contribution in [0.4, 0.5) is 0 Å². The average Bonchev–Trinajstić information content (AvgIpc) is 2.46. The van der Waals surface area contributed by atoms with Crippen LogP contribution in [0, 0.1) is 5.92 Å². The van der Waals surface area contributed by atoms with E-state index in [1.54, 1.807) is 0 Å². The first-order valence-corrected chi connectivity index (χ1v) is 6.84. The summed E-state index contributed by atoms with van der Waals surface area (Å²) in [6.45, 7) is 1.11. The van der Waals surface area contributed by atoms with Crippen LogP contribution in [0.15, 0.2) is 30.3 Å². The highest BCUT2D eigenvalue weighted by Gasteiger charge is 2.26. The second-order valence-electron chi connectivity index (χ2n) is 5.04. The monoisotopic (exact) mass is 282 g/mol. The predicted octanol–water partition coefficient (Wildman–Crippen LogP) is 2.46. The smallest absolute Gasteiger partial charge is 0.223 e. The molecule has 1 amide bonds. The molecule has 1 aromatic carbocycles. The van der Waals surface area contributed by atoms with Gasteiger partial charge in [-0.15, -0.1) is 12.4 Å². The van der Waals surface area contributed by atoms with Crippen molar-refractivity contribution in [3.63, 3.8) is 0 Å². The Kier molecular flexibility index (Phi) is 6.89. The largest absolute Gasteiger partial charge is 0.355 e. The summed E-state index contributed by atoms with van der Waals surface area (Å²) in [5.41, 5.74) is 6.80.